The van der Waals surface area contributed by atoms with Gasteiger partial charge >= 0.3 is 0 Å². The quantitative estimate of drug-likeness (QED) is 0.798. The molecule has 0 saturated heterocycles. The standard InChI is InChI=1S/C11H16N2O/c1-4-9-5-6-12-10(7-9)13-11(14)8(2)3/h5-8H,4H2,1-3H3,(H,12,13,14). The molecule has 1 aromatic heterocycles. The van der Waals surface area contributed by atoms with Crippen molar-refractivity contribution in [3.05, 3.63) is 23.9 Å². The van der Waals surface area contributed by atoms with E-state index in [9.17, 15) is 4.79 Å². The fraction of sp³-hybridized carbons (Fsp3) is 0.455. The predicted molar refractivity (Wildman–Crippen MR) is 57.1 cm³/mol. The SMILES string of the molecule is CCc1ccnc(NC(=O)C(C)C)c1. The maximum atomic E-state index is 11.4. The van der Waals surface area contributed by atoms with Crippen molar-refractivity contribution in [1.82, 2.24) is 4.98 Å². The van der Waals surface area contributed by atoms with E-state index in [1.807, 2.05) is 26.0 Å². The van der Waals surface area contributed by atoms with Crippen LogP contribution in [0, 0.1) is 5.92 Å². The van der Waals surface area contributed by atoms with Gasteiger partial charge in [-0.3, -0.25) is 4.79 Å². The number of nitrogens with one attached hydrogen (secondary N) is 1. The van der Waals surface area contributed by atoms with Gasteiger partial charge < -0.3 is 5.32 Å². The Morgan fingerprint density at radius 2 is 2.29 bits per heavy atom. The molecular formula is C11H16N2O. The first kappa shape index (κ1) is 10.7. The Labute approximate surface area is 84.6 Å². The monoisotopic (exact) mass is 192 g/mol. The van der Waals surface area contributed by atoms with Crippen LogP contribution in [-0.2, 0) is 11.2 Å². The molecule has 0 atom stereocenters. The van der Waals surface area contributed by atoms with Gasteiger partial charge in [0.25, 0.3) is 0 Å². The normalized spacial score (nSPS) is 10.3. The van der Waals surface area contributed by atoms with Gasteiger partial charge in [0, 0.05) is 12.1 Å². The van der Waals surface area contributed by atoms with Crippen molar-refractivity contribution in [3.63, 3.8) is 0 Å². The number of carbonyl (C=O) groups excluding carboxylic acids is 1. The Balaban J connectivity index is 2.72. The zero-order valence-corrected chi connectivity index (χ0v) is 8.87. The largest absolute Gasteiger partial charge is 0.310 e. The number of carbonyl (C=O) groups is 1. The third-order valence-electron chi connectivity index (χ3n) is 2.01. The van der Waals surface area contributed by atoms with Gasteiger partial charge in [0.1, 0.15) is 5.82 Å². The van der Waals surface area contributed by atoms with Gasteiger partial charge in [0.2, 0.25) is 5.91 Å². The van der Waals surface area contributed by atoms with E-state index in [2.05, 4.69) is 17.2 Å². The second-order valence-corrected chi connectivity index (χ2v) is 3.55. The van der Waals surface area contributed by atoms with Crippen LogP contribution in [0.15, 0.2) is 18.3 Å². The third kappa shape index (κ3) is 2.83. The van der Waals surface area contributed by atoms with Gasteiger partial charge in [-0.15, -0.1) is 0 Å². The van der Waals surface area contributed by atoms with Crippen LogP contribution in [0.4, 0.5) is 5.82 Å². The van der Waals surface area contributed by atoms with Gasteiger partial charge in [-0.25, -0.2) is 4.98 Å². The molecule has 76 valence electrons. The number of nitrogens with zero attached hydrogens (tertiary/aromatic N) is 1. The lowest BCUT2D eigenvalue weighted by Crippen LogP contribution is -2.18. The predicted octanol–water partition coefficient (Wildman–Crippen LogP) is 2.24. The Bertz CT molecular complexity index is 321. The zero-order valence-electron chi connectivity index (χ0n) is 8.87. The number of anilines is 1. The molecule has 14 heavy (non-hydrogen) atoms. The Kier molecular flexibility index (Phi) is 3.63. The van der Waals surface area contributed by atoms with E-state index in [0.29, 0.717) is 5.82 Å². The second kappa shape index (κ2) is 4.74. The van der Waals surface area contributed by atoms with Crippen LogP contribution in [0.2, 0.25) is 0 Å². The van der Waals surface area contributed by atoms with Crippen molar-refractivity contribution in [1.29, 1.82) is 0 Å². The molecule has 0 bridgehead atoms. The number of hydrogen-bond donors (Lipinski definition) is 1. The van der Waals surface area contributed by atoms with Crippen LogP contribution in [0.25, 0.3) is 0 Å². The van der Waals surface area contributed by atoms with Crippen molar-refractivity contribution >= 4 is 11.7 Å². The summed E-state index contributed by atoms with van der Waals surface area (Å²) in [5.41, 5.74) is 1.18. The van der Waals surface area contributed by atoms with E-state index in [0.717, 1.165) is 6.42 Å². The average molecular weight is 192 g/mol. The molecule has 1 N–H and O–H groups in total. The fourth-order valence-corrected chi connectivity index (χ4v) is 1.03. The van der Waals surface area contributed by atoms with Crippen LogP contribution in [0.5, 0.6) is 0 Å². The van der Waals surface area contributed by atoms with Crippen molar-refractivity contribution in [2.75, 3.05) is 5.32 Å². The average Bonchev–Trinajstić information content (AvgIpc) is 2.18. The minimum absolute atomic E-state index is 0.00533. The first-order chi connectivity index (χ1) is 6.63. The molecule has 1 aromatic rings. The summed E-state index contributed by atoms with van der Waals surface area (Å²) in [6.45, 7) is 5.79. The van der Waals surface area contributed by atoms with Crippen molar-refractivity contribution < 1.29 is 4.79 Å². The van der Waals surface area contributed by atoms with E-state index in [1.165, 1.54) is 5.56 Å². The highest BCUT2D eigenvalue weighted by Gasteiger charge is 2.07. The molecule has 0 aromatic carbocycles. The van der Waals surface area contributed by atoms with Crippen molar-refractivity contribution in [3.8, 4) is 0 Å². The number of aryl methyl sites for hydroxylation is 1. The molecule has 1 heterocycles. The summed E-state index contributed by atoms with van der Waals surface area (Å²) < 4.78 is 0. The highest BCUT2D eigenvalue weighted by atomic mass is 16.1. The first-order valence-corrected chi connectivity index (χ1v) is 4.89. The topological polar surface area (TPSA) is 42.0 Å². The Morgan fingerprint density at radius 3 is 2.86 bits per heavy atom. The highest BCUT2D eigenvalue weighted by Crippen LogP contribution is 2.08. The summed E-state index contributed by atoms with van der Waals surface area (Å²) >= 11 is 0. The van der Waals surface area contributed by atoms with E-state index in [-0.39, 0.29) is 11.8 Å². The fourth-order valence-electron chi connectivity index (χ4n) is 1.03. The minimum atomic E-state index is -0.0120. The maximum absolute atomic E-state index is 11.4. The molecule has 3 nitrogen and oxygen atoms in total. The van der Waals surface area contributed by atoms with Crippen LogP contribution >= 0.6 is 0 Å². The number of aromatic nitrogens is 1. The van der Waals surface area contributed by atoms with Gasteiger partial charge in [-0.2, -0.15) is 0 Å². The van der Waals surface area contributed by atoms with E-state index in [4.69, 9.17) is 0 Å². The van der Waals surface area contributed by atoms with Gasteiger partial charge in [0.15, 0.2) is 0 Å². The molecule has 0 aliphatic carbocycles. The van der Waals surface area contributed by atoms with Crippen LogP contribution in [0.1, 0.15) is 26.3 Å². The van der Waals surface area contributed by atoms with E-state index in [1.54, 1.807) is 6.20 Å². The first-order valence-electron chi connectivity index (χ1n) is 4.89. The molecule has 0 aliphatic heterocycles. The van der Waals surface area contributed by atoms with Gasteiger partial charge in [-0.05, 0) is 24.1 Å². The molecule has 0 saturated carbocycles. The number of amides is 1. The molecule has 3 heteroatoms. The zero-order chi connectivity index (χ0) is 10.6. The smallest absolute Gasteiger partial charge is 0.228 e. The third-order valence-corrected chi connectivity index (χ3v) is 2.01. The van der Waals surface area contributed by atoms with E-state index >= 15 is 0 Å². The molecule has 1 rings (SSSR count). The summed E-state index contributed by atoms with van der Waals surface area (Å²) in [6, 6.07) is 3.85. The minimum Gasteiger partial charge on any atom is -0.310 e. The number of rotatable bonds is 3. The molecule has 1 amide bonds. The summed E-state index contributed by atoms with van der Waals surface area (Å²) in [5.74, 6) is 0.635. The highest BCUT2D eigenvalue weighted by molar-refractivity contribution is 5.91. The number of pyridine rings is 1. The van der Waals surface area contributed by atoms with Crippen LogP contribution in [0.3, 0.4) is 0 Å². The summed E-state index contributed by atoms with van der Waals surface area (Å²) in [6.07, 6.45) is 2.67. The lowest BCUT2D eigenvalue weighted by atomic mass is 10.2. The van der Waals surface area contributed by atoms with Crippen molar-refractivity contribution in [2.45, 2.75) is 27.2 Å². The van der Waals surface area contributed by atoms with Gasteiger partial charge in [-0.1, -0.05) is 20.8 Å². The maximum Gasteiger partial charge on any atom is 0.228 e. The second-order valence-electron chi connectivity index (χ2n) is 3.55. The summed E-state index contributed by atoms with van der Waals surface area (Å²) in [4.78, 5) is 15.4. The summed E-state index contributed by atoms with van der Waals surface area (Å²) in [7, 11) is 0. The molecule has 0 spiro atoms. The molecule has 0 aliphatic rings. The molecular weight excluding hydrogens is 176 g/mol. The Hall–Kier alpha value is -1.38. The van der Waals surface area contributed by atoms with E-state index < -0.39 is 0 Å². The summed E-state index contributed by atoms with van der Waals surface area (Å²) in [5, 5.41) is 2.77. The number of hydrogen-bond acceptors (Lipinski definition) is 2. The molecule has 0 radical (unpaired) electrons. The van der Waals surface area contributed by atoms with Gasteiger partial charge in [0.05, 0.1) is 0 Å². The Morgan fingerprint density at radius 1 is 1.57 bits per heavy atom. The molecule has 0 fully saturated rings. The lowest BCUT2D eigenvalue weighted by molar-refractivity contribution is -0.118. The van der Waals surface area contributed by atoms with Crippen LogP contribution in [-0.4, -0.2) is 10.9 Å². The lowest BCUT2D eigenvalue weighted by Gasteiger charge is -2.07. The van der Waals surface area contributed by atoms with Crippen LogP contribution < -0.4 is 5.32 Å². The molecule has 0 unspecified atom stereocenters. The van der Waals surface area contributed by atoms with Crippen molar-refractivity contribution in [2.24, 2.45) is 5.92 Å².